The van der Waals surface area contributed by atoms with Crippen LogP contribution in [-0.4, -0.2) is 41.3 Å². The van der Waals surface area contributed by atoms with Gasteiger partial charge in [0.1, 0.15) is 12.6 Å². The first-order chi connectivity index (χ1) is 9.05. The number of rotatable bonds is 4. The maximum Gasteiger partial charge on any atom is 0.410 e. The second-order valence-corrected chi connectivity index (χ2v) is 6.15. The first kappa shape index (κ1) is 12.5. The Kier molecular flexibility index (Phi) is 2.80. The van der Waals surface area contributed by atoms with E-state index in [0.717, 1.165) is 5.92 Å². The molecule has 19 heavy (non-hydrogen) atoms. The van der Waals surface area contributed by atoms with E-state index in [4.69, 9.17) is 4.74 Å². The van der Waals surface area contributed by atoms with Crippen molar-refractivity contribution >= 4 is 12.1 Å². The third-order valence-corrected chi connectivity index (χ3v) is 5.10. The number of hydrogen-bond acceptors (Lipinski definition) is 3. The van der Waals surface area contributed by atoms with Crippen LogP contribution in [0.1, 0.15) is 25.7 Å². The van der Waals surface area contributed by atoms with Gasteiger partial charge in [0, 0.05) is 6.54 Å². The standard InChI is InChI=1S/C14H19NO4/c1-2-3-19-13(18)15-8-10(4-11(15)12(16)17)14-5-9(6-14)7-14/h2,9-11H,1,3-8H2,(H,16,17)/t9?,10?,11-,14?/m0/s1. The lowest BCUT2D eigenvalue weighted by Crippen LogP contribution is -2.56. The van der Waals surface area contributed by atoms with Gasteiger partial charge in [-0.1, -0.05) is 12.7 Å². The highest BCUT2D eigenvalue weighted by atomic mass is 16.6. The maximum atomic E-state index is 11.9. The molecule has 4 aliphatic rings. The van der Waals surface area contributed by atoms with E-state index in [1.54, 1.807) is 0 Å². The molecule has 1 heterocycles. The highest BCUT2D eigenvalue weighted by Crippen LogP contribution is 2.69. The van der Waals surface area contributed by atoms with Gasteiger partial charge in [-0.2, -0.15) is 0 Å². The lowest BCUT2D eigenvalue weighted by atomic mass is 9.40. The van der Waals surface area contributed by atoms with E-state index in [0.29, 0.717) is 24.3 Å². The van der Waals surface area contributed by atoms with Crippen molar-refractivity contribution in [2.45, 2.75) is 31.7 Å². The normalized spacial score (nSPS) is 39.2. The van der Waals surface area contributed by atoms with Crippen molar-refractivity contribution in [3.05, 3.63) is 12.7 Å². The van der Waals surface area contributed by atoms with Crippen molar-refractivity contribution in [1.29, 1.82) is 0 Å². The van der Waals surface area contributed by atoms with Crippen LogP contribution in [-0.2, 0) is 9.53 Å². The quantitative estimate of drug-likeness (QED) is 0.788. The van der Waals surface area contributed by atoms with E-state index >= 15 is 0 Å². The molecule has 5 nitrogen and oxygen atoms in total. The fourth-order valence-electron chi connectivity index (χ4n) is 3.97. The summed E-state index contributed by atoms with van der Waals surface area (Å²) in [5.41, 5.74) is 0.339. The molecule has 1 N–H and O–H groups in total. The number of aliphatic carboxylic acids is 1. The predicted molar refractivity (Wildman–Crippen MR) is 67.6 cm³/mol. The fourth-order valence-corrected chi connectivity index (χ4v) is 3.97. The van der Waals surface area contributed by atoms with Gasteiger partial charge in [0.15, 0.2) is 0 Å². The fraction of sp³-hybridized carbons (Fsp3) is 0.714. The summed E-state index contributed by atoms with van der Waals surface area (Å²) in [5, 5.41) is 9.28. The Morgan fingerprint density at radius 3 is 2.58 bits per heavy atom. The summed E-state index contributed by atoms with van der Waals surface area (Å²) in [6, 6.07) is -0.726. The van der Waals surface area contributed by atoms with Crippen molar-refractivity contribution in [2.24, 2.45) is 17.3 Å². The van der Waals surface area contributed by atoms with E-state index < -0.39 is 18.1 Å². The van der Waals surface area contributed by atoms with E-state index in [1.807, 2.05) is 0 Å². The number of carboxylic acids is 1. The van der Waals surface area contributed by atoms with Gasteiger partial charge < -0.3 is 9.84 Å². The van der Waals surface area contributed by atoms with Crippen molar-refractivity contribution in [3.63, 3.8) is 0 Å². The monoisotopic (exact) mass is 265 g/mol. The molecule has 4 fully saturated rings. The predicted octanol–water partition coefficient (Wildman–Crippen LogP) is 1.88. The summed E-state index contributed by atoms with van der Waals surface area (Å²) in [5.74, 6) is 0.268. The average molecular weight is 265 g/mol. The van der Waals surface area contributed by atoms with Crippen LogP contribution in [0.3, 0.4) is 0 Å². The van der Waals surface area contributed by atoms with E-state index in [-0.39, 0.29) is 6.61 Å². The van der Waals surface area contributed by atoms with Crippen molar-refractivity contribution in [2.75, 3.05) is 13.2 Å². The molecule has 104 valence electrons. The first-order valence-electron chi connectivity index (χ1n) is 6.83. The molecule has 3 aliphatic carbocycles. The molecule has 2 bridgehead atoms. The molecule has 0 aromatic heterocycles. The lowest BCUT2D eigenvalue weighted by molar-refractivity contribution is -0.149. The summed E-state index contributed by atoms with van der Waals surface area (Å²) in [4.78, 5) is 24.6. The van der Waals surface area contributed by atoms with Crippen LogP contribution in [0.25, 0.3) is 0 Å². The molecule has 1 unspecified atom stereocenters. The number of carboxylic acid groups (broad SMARTS) is 1. The summed E-state index contributed by atoms with van der Waals surface area (Å²) in [6.45, 7) is 4.14. The van der Waals surface area contributed by atoms with Crippen LogP contribution in [0.4, 0.5) is 4.79 Å². The van der Waals surface area contributed by atoms with E-state index in [2.05, 4.69) is 6.58 Å². The van der Waals surface area contributed by atoms with Gasteiger partial charge in [-0.15, -0.1) is 0 Å². The van der Waals surface area contributed by atoms with Crippen molar-refractivity contribution in [3.8, 4) is 0 Å². The highest BCUT2D eigenvalue weighted by molar-refractivity contribution is 5.80. The van der Waals surface area contributed by atoms with Gasteiger partial charge in [-0.05, 0) is 42.9 Å². The Hall–Kier alpha value is -1.52. The third kappa shape index (κ3) is 1.83. The molecule has 3 saturated carbocycles. The Labute approximate surface area is 112 Å². The third-order valence-electron chi connectivity index (χ3n) is 5.10. The molecule has 0 aromatic carbocycles. The smallest absolute Gasteiger partial charge is 0.410 e. The lowest BCUT2D eigenvalue weighted by Gasteiger charge is -2.65. The molecule has 0 spiro atoms. The van der Waals surface area contributed by atoms with Gasteiger partial charge in [0.05, 0.1) is 0 Å². The number of likely N-dealkylation sites (tertiary alicyclic amines) is 1. The second-order valence-electron chi connectivity index (χ2n) is 6.15. The van der Waals surface area contributed by atoms with E-state index in [1.165, 1.54) is 30.2 Å². The zero-order valence-electron chi connectivity index (χ0n) is 10.9. The number of ether oxygens (including phenoxy) is 1. The molecule has 5 heteroatoms. The zero-order chi connectivity index (χ0) is 13.6. The van der Waals surface area contributed by atoms with Crippen LogP contribution in [0.15, 0.2) is 12.7 Å². The van der Waals surface area contributed by atoms with Crippen LogP contribution >= 0.6 is 0 Å². The highest BCUT2D eigenvalue weighted by Gasteiger charge is 2.63. The van der Waals surface area contributed by atoms with Gasteiger partial charge >= 0.3 is 12.1 Å². The topological polar surface area (TPSA) is 66.8 Å². The molecule has 1 saturated heterocycles. The van der Waals surface area contributed by atoms with Crippen LogP contribution in [0.5, 0.6) is 0 Å². The molecule has 0 radical (unpaired) electrons. The molecule has 2 atom stereocenters. The average Bonchev–Trinajstić information content (AvgIpc) is 2.66. The molecule has 1 aliphatic heterocycles. The van der Waals surface area contributed by atoms with Crippen LogP contribution in [0.2, 0.25) is 0 Å². The summed E-state index contributed by atoms with van der Waals surface area (Å²) >= 11 is 0. The molecular weight excluding hydrogens is 246 g/mol. The first-order valence-corrected chi connectivity index (χ1v) is 6.83. The van der Waals surface area contributed by atoms with Crippen molar-refractivity contribution in [1.82, 2.24) is 4.90 Å². The Bertz CT molecular complexity index is 416. The molecule has 1 amide bonds. The van der Waals surface area contributed by atoms with E-state index in [9.17, 15) is 14.7 Å². The number of carbonyl (C=O) groups excluding carboxylic acids is 1. The zero-order valence-corrected chi connectivity index (χ0v) is 10.9. The Morgan fingerprint density at radius 1 is 1.42 bits per heavy atom. The SMILES string of the molecule is C=CCOC(=O)N1CC(C23CC(C2)C3)C[C@H]1C(=O)O. The van der Waals surface area contributed by atoms with Gasteiger partial charge in [-0.25, -0.2) is 9.59 Å². The van der Waals surface area contributed by atoms with Gasteiger partial charge in [-0.3, -0.25) is 4.90 Å². The minimum atomic E-state index is -0.926. The summed E-state index contributed by atoms with van der Waals surface area (Å²) in [7, 11) is 0. The minimum absolute atomic E-state index is 0.125. The molecule has 0 aromatic rings. The van der Waals surface area contributed by atoms with Crippen LogP contribution < -0.4 is 0 Å². The summed E-state index contributed by atoms with van der Waals surface area (Å²) in [6.07, 6.45) is 5.20. The van der Waals surface area contributed by atoms with Crippen LogP contribution in [0, 0.1) is 17.3 Å². The Morgan fingerprint density at radius 2 is 2.11 bits per heavy atom. The number of amides is 1. The van der Waals surface area contributed by atoms with Gasteiger partial charge in [0.2, 0.25) is 0 Å². The number of carbonyl (C=O) groups is 2. The molecule has 4 rings (SSSR count). The van der Waals surface area contributed by atoms with Gasteiger partial charge in [0.25, 0.3) is 0 Å². The Balaban J connectivity index is 1.68. The second kappa shape index (κ2) is 4.25. The largest absolute Gasteiger partial charge is 0.480 e. The molecular formula is C14H19NO4. The summed E-state index contributed by atoms with van der Waals surface area (Å²) < 4.78 is 4.99. The maximum absolute atomic E-state index is 11.9. The number of hydrogen-bond donors (Lipinski definition) is 1. The van der Waals surface area contributed by atoms with Crippen molar-refractivity contribution < 1.29 is 19.4 Å². The minimum Gasteiger partial charge on any atom is -0.480 e. The number of nitrogens with zero attached hydrogens (tertiary/aromatic N) is 1.